The lowest BCUT2D eigenvalue weighted by molar-refractivity contribution is 0.0729. The smallest absolute Gasteiger partial charge is 0.218 e. The average molecular weight is 448 g/mol. The molecule has 0 saturated carbocycles. The van der Waals surface area contributed by atoms with Crippen LogP contribution in [0, 0.1) is 5.82 Å². The Balaban J connectivity index is 1.44. The standard InChI is InChI=1S/C21H22FN3O3S2/c22-19-7-5-16(6-8-19)20-14-29-21(24-20)23-13-17-3-1-2-4-18(17)15-30(26,27)25-9-11-28-12-10-25/h1-8,14H,9-13,15H2,(H,23,24). The molecule has 0 spiro atoms. The topological polar surface area (TPSA) is 71.5 Å². The Labute approximate surface area is 179 Å². The Hall–Kier alpha value is -2.33. The molecule has 0 radical (unpaired) electrons. The number of ether oxygens (including phenoxy) is 1. The van der Waals surface area contributed by atoms with Gasteiger partial charge in [-0.05, 0) is 35.4 Å². The third-order valence-electron chi connectivity index (χ3n) is 4.89. The fourth-order valence-corrected chi connectivity index (χ4v) is 5.54. The van der Waals surface area contributed by atoms with E-state index >= 15 is 0 Å². The van der Waals surface area contributed by atoms with E-state index in [0.29, 0.717) is 32.8 Å². The number of thiazole rings is 1. The van der Waals surface area contributed by atoms with Gasteiger partial charge in [0.1, 0.15) is 5.82 Å². The van der Waals surface area contributed by atoms with Crippen molar-refractivity contribution in [3.63, 3.8) is 0 Å². The number of nitrogens with one attached hydrogen (secondary N) is 1. The molecule has 1 saturated heterocycles. The molecule has 1 fully saturated rings. The van der Waals surface area contributed by atoms with Gasteiger partial charge in [-0.15, -0.1) is 11.3 Å². The Morgan fingerprint density at radius 1 is 1.07 bits per heavy atom. The second-order valence-corrected chi connectivity index (χ2v) is 9.76. The van der Waals surface area contributed by atoms with Crippen LogP contribution in [0.3, 0.4) is 0 Å². The van der Waals surface area contributed by atoms with Crippen LogP contribution in [0.2, 0.25) is 0 Å². The minimum Gasteiger partial charge on any atom is -0.379 e. The number of halogens is 1. The lowest BCUT2D eigenvalue weighted by atomic mass is 10.1. The number of hydrogen-bond acceptors (Lipinski definition) is 6. The third kappa shape index (κ3) is 5.04. The highest BCUT2D eigenvalue weighted by Gasteiger charge is 2.25. The van der Waals surface area contributed by atoms with E-state index in [0.717, 1.165) is 27.5 Å². The molecule has 0 atom stereocenters. The Bertz CT molecular complexity index is 1090. The van der Waals surface area contributed by atoms with Crippen molar-refractivity contribution in [3.8, 4) is 11.3 Å². The van der Waals surface area contributed by atoms with Gasteiger partial charge in [-0.3, -0.25) is 0 Å². The number of anilines is 1. The van der Waals surface area contributed by atoms with Crippen molar-refractivity contribution < 1.29 is 17.5 Å². The van der Waals surface area contributed by atoms with Crippen LogP contribution in [-0.2, 0) is 27.1 Å². The Kier molecular flexibility index (Phi) is 6.43. The van der Waals surface area contributed by atoms with E-state index in [9.17, 15) is 12.8 Å². The Morgan fingerprint density at radius 2 is 1.77 bits per heavy atom. The van der Waals surface area contributed by atoms with Crippen LogP contribution in [0.5, 0.6) is 0 Å². The summed E-state index contributed by atoms with van der Waals surface area (Å²) in [5.74, 6) is -0.320. The van der Waals surface area contributed by atoms with Gasteiger partial charge in [0.05, 0.1) is 24.7 Å². The van der Waals surface area contributed by atoms with E-state index in [2.05, 4.69) is 10.3 Å². The molecular weight excluding hydrogens is 425 g/mol. The zero-order valence-corrected chi connectivity index (χ0v) is 17.9. The lowest BCUT2D eigenvalue weighted by Gasteiger charge is -2.26. The third-order valence-corrected chi connectivity index (χ3v) is 7.52. The molecule has 0 unspecified atom stereocenters. The van der Waals surface area contributed by atoms with Gasteiger partial charge in [-0.25, -0.2) is 17.8 Å². The molecule has 3 aromatic rings. The molecule has 9 heteroatoms. The summed E-state index contributed by atoms with van der Waals surface area (Å²) in [5, 5.41) is 5.90. The summed E-state index contributed by atoms with van der Waals surface area (Å²) in [6.45, 7) is 2.12. The second kappa shape index (κ2) is 9.22. The summed E-state index contributed by atoms with van der Waals surface area (Å²) >= 11 is 1.45. The van der Waals surface area contributed by atoms with E-state index in [1.54, 1.807) is 12.1 Å². The minimum atomic E-state index is -3.40. The van der Waals surface area contributed by atoms with Crippen LogP contribution in [-0.4, -0.2) is 44.0 Å². The molecule has 0 bridgehead atoms. The molecular formula is C21H22FN3O3S2. The average Bonchev–Trinajstić information content (AvgIpc) is 3.23. The molecule has 1 N–H and O–H groups in total. The summed E-state index contributed by atoms with van der Waals surface area (Å²) in [7, 11) is -3.40. The van der Waals surface area contributed by atoms with Crippen molar-refractivity contribution in [2.75, 3.05) is 31.6 Å². The number of hydrogen-bond donors (Lipinski definition) is 1. The number of benzene rings is 2. The van der Waals surface area contributed by atoms with E-state index in [1.807, 2.05) is 29.6 Å². The highest BCUT2D eigenvalue weighted by Crippen LogP contribution is 2.26. The van der Waals surface area contributed by atoms with Crippen molar-refractivity contribution in [1.82, 2.24) is 9.29 Å². The molecule has 4 rings (SSSR count). The quantitative estimate of drug-likeness (QED) is 0.598. The molecule has 1 aromatic heterocycles. The molecule has 2 heterocycles. The van der Waals surface area contributed by atoms with Gasteiger partial charge in [0.25, 0.3) is 0 Å². The molecule has 0 aliphatic carbocycles. The van der Waals surface area contributed by atoms with Gasteiger partial charge in [-0.1, -0.05) is 24.3 Å². The summed E-state index contributed by atoms with van der Waals surface area (Å²) in [6, 6.07) is 13.7. The monoisotopic (exact) mass is 447 g/mol. The number of aromatic nitrogens is 1. The normalized spacial score (nSPS) is 15.2. The van der Waals surface area contributed by atoms with Gasteiger partial charge in [0, 0.05) is 30.6 Å². The predicted octanol–water partition coefficient (Wildman–Crippen LogP) is 3.72. The maximum atomic E-state index is 13.1. The first-order valence-corrected chi connectivity index (χ1v) is 12.1. The van der Waals surface area contributed by atoms with Crippen molar-refractivity contribution >= 4 is 26.5 Å². The van der Waals surface area contributed by atoms with E-state index in [4.69, 9.17) is 4.74 Å². The van der Waals surface area contributed by atoms with Gasteiger partial charge < -0.3 is 10.1 Å². The van der Waals surface area contributed by atoms with Gasteiger partial charge >= 0.3 is 0 Å². The van der Waals surface area contributed by atoms with Gasteiger partial charge in [-0.2, -0.15) is 4.31 Å². The molecule has 30 heavy (non-hydrogen) atoms. The number of morpholine rings is 1. The van der Waals surface area contributed by atoms with Crippen molar-refractivity contribution in [2.45, 2.75) is 12.3 Å². The number of rotatable bonds is 7. The largest absolute Gasteiger partial charge is 0.379 e. The molecule has 1 aliphatic heterocycles. The first-order valence-electron chi connectivity index (χ1n) is 9.59. The first-order chi connectivity index (χ1) is 14.5. The summed E-state index contributed by atoms with van der Waals surface area (Å²) < 4.78 is 45.4. The summed E-state index contributed by atoms with van der Waals surface area (Å²) in [6.07, 6.45) is 0. The van der Waals surface area contributed by atoms with Crippen molar-refractivity contribution in [3.05, 3.63) is 70.9 Å². The maximum Gasteiger partial charge on any atom is 0.218 e. The van der Waals surface area contributed by atoms with Crippen LogP contribution < -0.4 is 5.32 Å². The Morgan fingerprint density at radius 3 is 2.50 bits per heavy atom. The number of nitrogens with zero attached hydrogens (tertiary/aromatic N) is 2. The fourth-order valence-electron chi connectivity index (χ4n) is 3.26. The SMILES string of the molecule is O=S(=O)(Cc1ccccc1CNc1nc(-c2ccc(F)cc2)cs1)N1CCOCC1. The van der Waals surface area contributed by atoms with E-state index in [1.165, 1.54) is 27.8 Å². The first kappa shape index (κ1) is 20.9. The van der Waals surface area contributed by atoms with Crippen LogP contribution in [0.15, 0.2) is 53.9 Å². The zero-order chi connectivity index (χ0) is 21.0. The van der Waals surface area contributed by atoms with Gasteiger partial charge in [0.2, 0.25) is 10.0 Å². The predicted molar refractivity (Wildman–Crippen MR) is 116 cm³/mol. The number of sulfonamides is 1. The molecule has 0 amide bonds. The van der Waals surface area contributed by atoms with Crippen LogP contribution in [0.4, 0.5) is 9.52 Å². The molecule has 1 aliphatic rings. The highest BCUT2D eigenvalue weighted by molar-refractivity contribution is 7.88. The van der Waals surface area contributed by atoms with Crippen LogP contribution in [0.1, 0.15) is 11.1 Å². The zero-order valence-electron chi connectivity index (χ0n) is 16.3. The highest BCUT2D eigenvalue weighted by atomic mass is 32.2. The minimum absolute atomic E-state index is 0.0381. The summed E-state index contributed by atoms with van der Waals surface area (Å²) in [5.41, 5.74) is 3.29. The van der Waals surface area contributed by atoms with Crippen LogP contribution in [0.25, 0.3) is 11.3 Å². The van der Waals surface area contributed by atoms with E-state index in [-0.39, 0.29) is 11.6 Å². The van der Waals surface area contributed by atoms with Crippen molar-refractivity contribution in [1.29, 1.82) is 0 Å². The van der Waals surface area contributed by atoms with Gasteiger partial charge in [0.15, 0.2) is 5.13 Å². The maximum absolute atomic E-state index is 13.1. The van der Waals surface area contributed by atoms with Crippen LogP contribution >= 0.6 is 11.3 Å². The molecule has 158 valence electrons. The summed E-state index contributed by atoms with van der Waals surface area (Å²) in [4.78, 5) is 4.55. The second-order valence-electron chi connectivity index (χ2n) is 6.93. The molecule has 6 nitrogen and oxygen atoms in total. The molecule has 2 aromatic carbocycles. The van der Waals surface area contributed by atoms with E-state index < -0.39 is 10.0 Å². The lowest BCUT2D eigenvalue weighted by Crippen LogP contribution is -2.41. The fraction of sp³-hybridized carbons (Fsp3) is 0.286. The van der Waals surface area contributed by atoms with Crippen molar-refractivity contribution in [2.24, 2.45) is 0 Å².